The second-order valence-electron chi connectivity index (χ2n) is 7.30. The van der Waals surface area contributed by atoms with E-state index in [0.717, 1.165) is 43.5 Å². The van der Waals surface area contributed by atoms with Crippen molar-refractivity contribution >= 4 is 28.4 Å². The van der Waals surface area contributed by atoms with Crippen LogP contribution in [0.15, 0.2) is 69.9 Å². The maximum Gasteiger partial charge on any atom is 0.338 e. The third kappa shape index (κ3) is 4.74. The van der Waals surface area contributed by atoms with Crippen LogP contribution in [0.25, 0.3) is 21.9 Å². The zero-order valence-electron chi connectivity index (χ0n) is 16.2. The standard InChI is InChI=1S/C24H23N3O2/c1-25-20-9-10-23-21(16-20)22(17-24(28)29-23)26-19-11-14-27(15-12-19)13-5-8-18-6-3-2-4-7-18/h2-10,16-17,19,26H,11-15H2. The van der Waals surface area contributed by atoms with Gasteiger partial charge in [-0.15, -0.1) is 0 Å². The number of nitrogens with zero attached hydrogens (tertiary/aromatic N) is 2. The van der Waals surface area contributed by atoms with Gasteiger partial charge in [-0.3, -0.25) is 4.90 Å². The molecular formula is C24H23N3O2. The SMILES string of the molecule is [C-]#[N+]c1ccc2oc(=O)cc(NC3CCN(CC=Cc4ccccc4)CC3)c2c1. The topological polar surface area (TPSA) is 49.8 Å². The number of nitrogens with one attached hydrogen (secondary N) is 1. The van der Waals surface area contributed by atoms with Crippen molar-refractivity contribution in [2.24, 2.45) is 0 Å². The molecule has 0 bridgehead atoms. The summed E-state index contributed by atoms with van der Waals surface area (Å²) in [5, 5.41) is 4.29. The van der Waals surface area contributed by atoms with E-state index < -0.39 is 0 Å². The van der Waals surface area contributed by atoms with Crippen molar-refractivity contribution in [2.45, 2.75) is 18.9 Å². The van der Waals surface area contributed by atoms with Gasteiger partial charge in [0.25, 0.3) is 0 Å². The number of hydrogen-bond donors (Lipinski definition) is 1. The summed E-state index contributed by atoms with van der Waals surface area (Å²) in [6.45, 7) is 10.2. The van der Waals surface area contributed by atoms with Crippen LogP contribution in [-0.2, 0) is 0 Å². The second kappa shape index (κ2) is 8.76. The van der Waals surface area contributed by atoms with Crippen LogP contribution < -0.4 is 10.9 Å². The lowest BCUT2D eigenvalue weighted by Gasteiger charge is -2.32. The molecule has 1 aliphatic heterocycles. The summed E-state index contributed by atoms with van der Waals surface area (Å²) in [6.07, 6.45) is 6.38. The van der Waals surface area contributed by atoms with E-state index in [0.29, 0.717) is 17.3 Å². The molecule has 3 aromatic rings. The zero-order chi connectivity index (χ0) is 20.1. The Morgan fingerprint density at radius 2 is 1.93 bits per heavy atom. The number of likely N-dealkylation sites (tertiary alicyclic amines) is 1. The summed E-state index contributed by atoms with van der Waals surface area (Å²) >= 11 is 0. The number of fused-ring (bicyclic) bond motifs is 1. The van der Waals surface area contributed by atoms with Gasteiger partial charge in [-0.25, -0.2) is 9.64 Å². The van der Waals surface area contributed by atoms with Crippen molar-refractivity contribution in [3.63, 3.8) is 0 Å². The smallest absolute Gasteiger partial charge is 0.338 e. The van der Waals surface area contributed by atoms with Gasteiger partial charge >= 0.3 is 5.63 Å². The van der Waals surface area contributed by atoms with Crippen molar-refractivity contribution in [1.82, 2.24) is 4.90 Å². The van der Waals surface area contributed by atoms with Crippen molar-refractivity contribution in [3.8, 4) is 0 Å². The van der Waals surface area contributed by atoms with Gasteiger partial charge in [0.2, 0.25) is 0 Å². The van der Waals surface area contributed by atoms with E-state index in [-0.39, 0.29) is 5.63 Å². The average molecular weight is 385 g/mol. The monoisotopic (exact) mass is 385 g/mol. The molecule has 1 saturated heterocycles. The number of hydrogen-bond acceptors (Lipinski definition) is 4. The molecule has 2 aromatic carbocycles. The molecule has 1 aromatic heterocycles. The van der Waals surface area contributed by atoms with Gasteiger partial charge in [-0.1, -0.05) is 48.6 Å². The summed E-state index contributed by atoms with van der Waals surface area (Å²) in [5.41, 5.74) is 2.64. The summed E-state index contributed by atoms with van der Waals surface area (Å²) in [5.74, 6) is 0. The third-order valence-corrected chi connectivity index (χ3v) is 5.28. The Kier molecular flexibility index (Phi) is 5.73. The summed E-state index contributed by atoms with van der Waals surface area (Å²) < 4.78 is 5.27. The molecule has 0 amide bonds. The normalized spacial score (nSPS) is 15.6. The predicted octanol–water partition coefficient (Wildman–Crippen LogP) is 4.93. The Hall–Kier alpha value is -3.36. The first-order chi connectivity index (χ1) is 14.2. The first-order valence-corrected chi connectivity index (χ1v) is 9.87. The van der Waals surface area contributed by atoms with E-state index in [4.69, 9.17) is 11.0 Å². The molecule has 146 valence electrons. The molecule has 1 aliphatic rings. The van der Waals surface area contributed by atoms with E-state index in [9.17, 15) is 4.79 Å². The number of rotatable bonds is 5. The van der Waals surface area contributed by atoms with Crippen LogP contribution >= 0.6 is 0 Å². The van der Waals surface area contributed by atoms with E-state index in [1.165, 1.54) is 11.6 Å². The van der Waals surface area contributed by atoms with E-state index in [2.05, 4.69) is 39.3 Å². The molecule has 0 spiro atoms. The fourth-order valence-electron chi connectivity index (χ4n) is 3.72. The Morgan fingerprint density at radius 3 is 2.69 bits per heavy atom. The van der Waals surface area contributed by atoms with Gasteiger partial charge in [0.05, 0.1) is 12.3 Å². The van der Waals surface area contributed by atoms with Crippen LogP contribution in [0.5, 0.6) is 0 Å². The molecule has 5 heteroatoms. The predicted molar refractivity (Wildman–Crippen MR) is 117 cm³/mol. The lowest BCUT2D eigenvalue weighted by molar-refractivity contribution is 0.240. The largest absolute Gasteiger partial charge is 0.423 e. The van der Waals surface area contributed by atoms with Crippen LogP contribution in [0.4, 0.5) is 11.4 Å². The Labute approximate surface area is 170 Å². The number of benzene rings is 2. The molecule has 0 unspecified atom stereocenters. The van der Waals surface area contributed by atoms with Crippen LogP contribution in [0.3, 0.4) is 0 Å². The van der Waals surface area contributed by atoms with Gasteiger partial charge in [0, 0.05) is 37.1 Å². The highest BCUT2D eigenvalue weighted by atomic mass is 16.4. The molecule has 5 nitrogen and oxygen atoms in total. The summed E-state index contributed by atoms with van der Waals surface area (Å²) in [7, 11) is 0. The van der Waals surface area contributed by atoms with Crippen LogP contribution in [0.1, 0.15) is 18.4 Å². The highest BCUT2D eigenvalue weighted by molar-refractivity contribution is 5.92. The van der Waals surface area contributed by atoms with Gasteiger partial charge in [-0.2, -0.15) is 0 Å². The van der Waals surface area contributed by atoms with E-state index in [1.807, 2.05) is 18.2 Å². The molecule has 1 N–H and O–H groups in total. The number of piperidine rings is 1. The lowest BCUT2D eigenvalue weighted by Crippen LogP contribution is -2.39. The lowest BCUT2D eigenvalue weighted by atomic mass is 10.0. The molecular weight excluding hydrogens is 362 g/mol. The minimum atomic E-state index is -0.376. The zero-order valence-corrected chi connectivity index (χ0v) is 16.2. The van der Waals surface area contributed by atoms with E-state index in [1.54, 1.807) is 18.2 Å². The van der Waals surface area contributed by atoms with Gasteiger partial charge in [0.1, 0.15) is 5.58 Å². The van der Waals surface area contributed by atoms with Gasteiger partial charge in [-0.05, 0) is 30.5 Å². The Morgan fingerprint density at radius 1 is 1.14 bits per heavy atom. The molecule has 0 saturated carbocycles. The Bertz CT molecular complexity index is 1100. The maximum absolute atomic E-state index is 11.9. The molecule has 0 atom stereocenters. The van der Waals surface area contributed by atoms with Crippen molar-refractivity contribution in [3.05, 3.63) is 88.1 Å². The second-order valence-corrected chi connectivity index (χ2v) is 7.30. The number of anilines is 1. The quantitative estimate of drug-likeness (QED) is 0.500. The van der Waals surface area contributed by atoms with Crippen LogP contribution in [0, 0.1) is 6.57 Å². The summed E-state index contributed by atoms with van der Waals surface area (Å²) in [6, 6.07) is 17.3. The molecule has 29 heavy (non-hydrogen) atoms. The van der Waals surface area contributed by atoms with Gasteiger partial charge < -0.3 is 9.73 Å². The molecule has 0 aliphatic carbocycles. The van der Waals surface area contributed by atoms with Gasteiger partial charge in [0.15, 0.2) is 5.69 Å². The minimum Gasteiger partial charge on any atom is -0.423 e. The minimum absolute atomic E-state index is 0.297. The molecule has 1 fully saturated rings. The van der Waals surface area contributed by atoms with Crippen LogP contribution in [-0.4, -0.2) is 30.6 Å². The van der Waals surface area contributed by atoms with E-state index >= 15 is 0 Å². The first kappa shape index (κ1) is 19.0. The fourth-order valence-corrected chi connectivity index (χ4v) is 3.72. The van der Waals surface area contributed by atoms with Crippen molar-refractivity contribution in [2.75, 3.05) is 25.0 Å². The Balaban J connectivity index is 1.38. The molecule has 4 rings (SSSR count). The highest BCUT2D eigenvalue weighted by Crippen LogP contribution is 2.28. The average Bonchev–Trinajstić information content (AvgIpc) is 2.75. The first-order valence-electron chi connectivity index (χ1n) is 9.87. The maximum atomic E-state index is 11.9. The summed E-state index contributed by atoms with van der Waals surface area (Å²) in [4.78, 5) is 17.8. The third-order valence-electron chi connectivity index (χ3n) is 5.28. The van der Waals surface area contributed by atoms with Crippen molar-refractivity contribution in [1.29, 1.82) is 0 Å². The van der Waals surface area contributed by atoms with Crippen molar-refractivity contribution < 1.29 is 4.42 Å². The molecule has 0 radical (unpaired) electrons. The molecule has 2 heterocycles. The van der Waals surface area contributed by atoms with Crippen LogP contribution in [0.2, 0.25) is 0 Å². The fraction of sp³-hybridized carbons (Fsp3) is 0.250. The highest BCUT2D eigenvalue weighted by Gasteiger charge is 2.19.